The van der Waals surface area contributed by atoms with Gasteiger partial charge in [-0.15, -0.1) is 0 Å². The molecule has 0 saturated heterocycles. The first-order valence-electron chi connectivity index (χ1n) is 7.57. The summed E-state index contributed by atoms with van der Waals surface area (Å²) in [6.07, 6.45) is 3.74. The molecule has 7 heteroatoms. The van der Waals surface area contributed by atoms with Crippen molar-refractivity contribution in [2.45, 2.75) is 32.6 Å². The lowest BCUT2D eigenvalue weighted by molar-refractivity contribution is -0.137. The summed E-state index contributed by atoms with van der Waals surface area (Å²) in [5.41, 5.74) is 1.60. The van der Waals surface area contributed by atoms with Crippen LogP contribution in [-0.4, -0.2) is 23.5 Å². The normalized spacial score (nSPS) is 10.8. The van der Waals surface area contributed by atoms with Gasteiger partial charge in [0.05, 0.1) is 0 Å². The van der Waals surface area contributed by atoms with Crippen LogP contribution in [0.25, 0.3) is 0 Å². The average Bonchev–Trinajstić information content (AvgIpc) is 2.52. The fraction of sp³-hybridized carbons (Fsp3) is 0.353. The van der Waals surface area contributed by atoms with Crippen molar-refractivity contribution < 1.29 is 14.7 Å². The molecule has 3 N–H and O–H groups in total. The average molecular weight is 441 g/mol. The number of unbranched alkanes of at least 4 members (excludes halogenated alkanes) is 2. The number of carboxylic acid groups (broad SMARTS) is 1. The van der Waals surface area contributed by atoms with Crippen molar-refractivity contribution in [1.82, 2.24) is 5.32 Å². The van der Waals surface area contributed by atoms with E-state index in [9.17, 15) is 9.59 Å². The minimum absolute atomic E-state index is 0.00140. The largest absolute Gasteiger partial charge is 0.481 e. The number of carbonyl (C=O) groups is 2. The number of anilines is 1. The molecular weight excluding hydrogens is 421 g/mol. The van der Waals surface area contributed by atoms with Gasteiger partial charge in [0.25, 0.3) is 5.91 Å². The number of carboxylic acids is 1. The van der Waals surface area contributed by atoms with Crippen LogP contribution in [0.2, 0.25) is 0 Å². The van der Waals surface area contributed by atoms with Gasteiger partial charge in [0.1, 0.15) is 11.6 Å². The summed E-state index contributed by atoms with van der Waals surface area (Å²) >= 11 is 2.19. The van der Waals surface area contributed by atoms with E-state index in [1.165, 1.54) is 6.20 Å². The van der Waals surface area contributed by atoms with E-state index in [1.807, 2.05) is 25.1 Å². The summed E-state index contributed by atoms with van der Waals surface area (Å²) in [6.45, 7) is 2.48. The topological polar surface area (TPSA) is 102 Å². The quantitative estimate of drug-likeness (QED) is 0.237. The second kappa shape index (κ2) is 10.6. The Bertz CT molecular complexity index is 666. The number of aryl methyl sites for hydroxylation is 1. The number of nitriles is 1. The molecule has 1 aromatic carbocycles. The number of hydrogen-bond donors (Lipinski definition) is 3. The van der Waals surface area contributed by atoms with Crippen molar-refractivity contribution in [3.8, 4) is 6.07 Å². The van der Waals surface area contributed by atoms with Crippen LogP contribution >= 0.6 is 22.6 Å². The summed E-state index contributed by atoms with van der Waals surface area (Å²) in [5.74, 6) is -1.25. The van der Waals surface area contributed by atoms with Crippen LogP contribution in [0, 0.1) is 21.8 Å². The number of nitrogens with one attached hydrogen (secondary N) is 2. The van der Waals surface area contributed by atoms with Gasteiger partial charge in [0, 0.05) is 28.4 Å². The molecule has 0 heterocycles. The number of amides is 1. The summed E-state index contributed by atoms with van der Waals surface area (Å²) in [6, 6.07) is 7.51. The fourth-order valence-corrected chi connectivity index (χ4v) is 2.61. The molecule has 0 aliphatic heterocycles. The molecule has 1 rings (SSSR count). The first-order valence-corrected chi connectivity index (χ1v) is 8.65. The third-order valence-electron chi connectivity index (χ3n) is 3.26. The Balaban J connectivity index is 2.45. The number of halogens is 1. The second-order valence-corrected chi connectivity index (χ2v) is 6.49. The van der Waals surface area contributed by atoms with Crippen molar-refractivity contribution in [3.63, 3.8) is 0 Å². The molecule has 1 amide bonds. The Hall–Kier alpha value is -2.08. The van der Waals surface area contributed by atoms with E-state index in [1.54, 1.807) is 6.07 Å². The molecule has 24 heavy (non-hydrogen) atoms. The molecule has 6 nitrogen and oxygen atoms in total. The van der Waals surface area contributed by atoms with E-state index < -0.39 is 11.9 Å². The van der Waals surface area contributed by atoms with E-state index in [4.69, 9.17) is 10.4 Å². The molecule has 0 aliphatic carbocycles. The minimum Gasteiger partial charge on any atom is -0.481 e. The molecular formula is C17H20IN3O3. The molecule has 0 aliphatic rings. The zero-order chi connectivity index (χ0) is 17.9. The lowest BCUT2D eigenvalue weighted by Gasteiger charge is -2.08. The Labute approximate surface area is 155 Å². The lowest BCUT2D eigenvalue weighted by Crippen LogP contribution is -2.17. The van der Waals surface area contributed by atoms with Gasteiger partial charge in [-0.2, -0.15) is 5.26 Å². The third kappa shape index (κ3) is 7.46. The summed E-state index contributed by atoms with van der Waals surface area (Å²) in [4.78, 5) is 22.5. The molecule has 0 unspecified atom stereocenters. The second-order valence-electron chi connectivity index (χ2n) is 5.24. The Morgan fingerprint density at radius 1 is 1.33 bits per heavy atom. The molecule has 128 valence electrons. The molecule has 0 atom stereocenters. The van der Waals surface area contributed by atoms with Crippen molar-refractivity contribution in [1.29, 1.82) is 5.26 Å². The van der Waals surface area contributed by atoms with E-state index in [2.05, 4.69) is 33.2 Å². The molecule has 1 aromatic rings. The molecule has 0 saturated carbocycles. The van der Waals surface area contributed by atoms with Gasteiger partial charge in [-0.1, -0.05) is 6.42 Å². The number of aliphatic carboxylic acids is 1. The van der Waals surface area contributed by atoms with Crippen LogP contribution < -0.4 is 10.6 Å². The van der Waals surface area contributed by atoms with Gasteiger partial charge in [-0.3, -0.25) is 9.59 Å². The van der Waals surface area contributed by atoms with Crippen molar-refractivity contribution >= 4 is 40.2 Å². The number of nitrogens with zero attached hydrogens (tertiary/aromatic N) is 1. The number of hydrogen-bond acceptors (Lipinski definition) is 4. The predicted octanol–water partition coefficient (Wildman–Crippen LogP) is 3.18. The van der Waals surface area contributed by atoms with E-state index in [0.29, 0.717) is 18.7 Å². The van der Waals surface area contributed by atoms with E-state index in [0.717, 1.165) is 22.0 Å². The minimum atomic E-state index is -0.794. The van der Waals surface area contributed by atoms with Crippen LogP contribution in [0.3, 0.4) is 0 Å². The maximum absolute atomic E-state index is 12.1. The highest BCUT2D eigenvalue weighted by molar-refractivity contribution is 14.1. The highest BCUT2D eigenvalue weighted by Gasteiger charge is 2.10. The van der Waals surface area contributed by atoms with Crippen molar-refractivity contribution in [3.05, 3.63) is 39.1 Å². The first-order chi connectivity index (χ1) is 11.4. The maximum atomic E-state index is 12.1. The summed E-state index contributed by atoms with van der Waals surface area (Å²) < 4.78 is 1.07. The number of rotatable bonds is 9. The fourth-order valence-electron chi connectivity index (χ4n) is 1.96. The number of carbonyl (C=O) groups excluding carboxylic acids is 1. The monoisotopic (exact) mass is 441 g/mol. The van der Waals surface area contributed by atoms with Crippen molar-refractivity contribution in [2.24, 2.45) is 0 Å². The van der Waals surface area contributed by atoms with Gasteiger partial charge in [-0.25, -0.2) is 0 Å². The molecule has 0 radical (unpaired) electrons. The van der Waals surface area contributed by atoms with Gasteiger partial charge < -0.3 is 15.7 Å². The van der Waals surface area contributed by atoms with Gasteiger partial charge in [0.15, 0.2) is 0 Å². The van der Waals surface area contributed by atoms with E-state index in [-0.39, 0.29) is 12.0 Å². The smallest absolute Gasteiger partial charge is 0.303 e. The van der Waals surface area contributed by atoms with Crippen LogP contribution in [0.1, 0.15) is 31.2 Å². The van der Waals surface area contributed by atoms with Crippen LogP contribution in [-0.2, 0) is 9.59 Å². The number of benzene rings is 1. The SMILES string of the molecule is Cc1cc(I)ccc1NC(=O)/C(C#N)=C\NCCCCCC(=O)O. The first kappa shape index (κ1) is 20.0. The standard InChI is InChI=1S/C17H20IN3O3/c1-12-9-14(18)6-7-15(12)21-17(24)13(10-19)11-20-8-4-2-3-5-16(22)23/h6-7,9,11,20H,2-5,8H2,1H3,(H,21,24)(H,22,23)/b13-11-. The Morgan fingerprint density at radius 3 is 2.71 bits per heavy atom. The zero-order valence-corrected chi connectivity index (χ0v) is 15.6. The Morgan fingerprint density at radius 2 is 2.08 bits per heavy atom. The molecule has 0 bridgehead atoms. The van der Waals surface area contributed by atoms with Crippen LogP contribution in [0.5, 0.6) is 0 Å². The van der Waals surface area contributed by atoms with Crippen LogP contribution in [0.4, 0.5) is 5.69 Å². The van der Waals surface area contributed by atoms with Crippen LogP contribution in [0.15, 0.2) is 30.0 Å². The predicted molar refractivity (Wildman–Crippen MR) is 100 cm³/mol. The zero-order valence-electron chi connectivity index (χ0n) is 13.4. The molecule has 0 aromatic heterocycles. The Kier molecular flexibility index (Phi) is 8.86. The summed E-state index contributed by atoms with van der Waals surface area (Å²) in [7, 11) is 0. The summed E-state index contributed by atoms with van der Waals surface area (Å²) in [5, 5.41) is 23.3. The molecule has 0 fully saturated rings. The third-order valence-corrected chi connectivity index (χ3v) is 3.93. The highest BCUT2D eigenvalue weighted by Crippen LogP contribution is 2.18. The van der Waals surface area contributed by atoms with Gasteiger partial charge >= 0.3 is 5.97 Å². The van der Waals surface area contributed by atoms with Crippen molar-refractivity contribution in [2.75, 3.05) is 11.9 Å². The maximum Gasteiger partial charge on any atom is 0.303 e. The van der Waals surface area contributed by atoms with E-state index >= 15 is 0 Å². The van der Waals surface area contributed by atoms with Gasteiger partial charge in [-0.05, 0) is 66.1 Å². The van der Waals surface area contributed by atoms with Gasteiger partial charge in [0.2, 0.25) is 0 Å². The lowest BCUT2D eigenvalue weighted by atomic mass is 10.2. The highest BCUT2D eigenvalue weighted by atomic mass is 127. The molecule has 0 spiro atoms.